The maximum absolute atomic E-state index is 12.5. The summed E-state index contributed by atoms with van der Waals surface area (Å²) in [5.74, 6) is -0.630. The number of carbonyl (C=O) groups excluding carboxylic acids is 2. The number of aliphatic hydroxyl groups is 2. The Balaban J connectivity index is 1.83. The average Bonchev–Trinajstić information content (AvgIpc) is 3.45. The topological polar surface area (TPSA) is 96.4 Å². The van der Waals surface area contributed by atoms with Crippen LogP contribution in [-0.4, -0.2) is 53.0 Å². The van der Waals surface area contributed by atoms with E-state index in [2.05, 4.69) is 19.1 Å². The van der Waals surface area contributed by atoms with Crippen LogP contribution in [0.3, 0.4) is 0 Å². The van der Waals surface area contributed by atoms with Crippen LogP contribution >= 0.6 is 0 Å². The number of rotatable bonds is 11. The maximum Gasteiger partial charge on any atom is 0.302 e. The van der Waals surface area contributed by atoms with E-state index in [9.17, 15) is 14.7 Å². The number of aliphatic hydroxyl groups excluding tert-OH is 2. The van der Waals surface area contributed by atoms with E-state index in [1.165, 1.54) is 24.1 Å². The van der Waals surface area contributed by atoms with Crippen LogP contribution in [0.25, 0.3) is 0 Å². The summed E-state index contributed by atoms with van der Waals surface area (Å²) in [6, 6.07) is 0. The summed E-state index contributed by atoms with van der Waals surface area (Å²) in [6.45, 7) is 7.39. The first-order valence-corrected chi connectivity index (χ1v) is 10.5. The van der Waals surface area contributed by atoms with E-state index in [1.54, 1.807) is 0 Å². The molecule has 1 aliphatic carbocycles. The molecule has 1 heterocycles. The van der Waals surface area contributed by atoms with Crippen LogP contribution in [0.15, 0.2) is 46.6 Å². The van der Waals surface area contributed by atoms with Gasteiger partial charge >= 0.3 is 5.97 Å². The zero-order valence-electron chi connectivity index (χ0n) is 18.4. The Labute approximate surface area is 179 Å². The fourth-order valence-electron chi connectivity index (χ4n) is 3.54. The predicted molar refractivity (Wildman–Crippen MR) is 115 cm³/mol. The standard InChI is InChI=1S/C24H34O6/c1-16(8-6-10-18(3)14-25)7-5-9-17(2)11-12-24-21(27)13-20(15-29-19(4)26)22(28)23(24)30-24/h7,10-11,13,22-23,25,28H,5-6,8-9,12,14-15H2,1-4H3. The molecule has 6 nitrogen and oxygen atoms in total. The summed E-state index contributed by atoms with van der Waals surface area (Å²) >= 11 is 0. The first-order chi connectivity index (χ1) is 14.2. The minimum atomic E-state index is -0.969. The highest BCUT2D eigenvalue weighted by atomic mass is 16.6. The third-order valence-electron chi connectivity index (χ3n) is 5.65. The zero-order chi connectivity index (χ0) is 22.3. The number of fused-ring (bicyclic) bond motifs is 1. The van der Waals surface area contributed by atoms with Gasteiger partial charge in [0.2, 0.25) is 0 Å². The van der Waals surface area contributed by atoms with Crippen molar-refractivity contribution in [1.29, 1.82) is 0 Å². The van der Waals surface area contributed by atoms with Crippen molar-refractivity contribution in [1.82, 2.24) is 0 Å². The third kappa shape index (κ3) is 6.49. The number of ketones is 1. The van der Waals surface area contributed by atoms with Gasteiger partial charge < -0.3 is 19.7 Å². The lowest BCUT2D eigenvalue weighted by Gasteiger charge is -2.20. The summed E-state index contributed by atoms with van der Waals surface area (Å²) in [4.78, 5) is 23.5. The minimum absolute atomic E-state index is 0.0892. The van der Waals surface area contributed by atoms with Crippen LogP contribution in [0, 0.1) is 0 Å². The molecule has 30 heavy (non-hydrogen) atoms. The van der Waals surface area contributed by atoms with Crippen LogP contribution in [0.2, 0.25) is 0 Å². The van der Waals surface area contributed by atoms with E-state index in [4.69, 9.17) is 14.6 Å². The second-order valence-electron chi connectivity index (χ2n) is 8.33. The molecule has 2 rings (SSSR count). The summed E-state index contributed by atoms with van der Waals surface area (Å²) in [6.07, 6.45) is 10.4. The molecular formula is C24H34O6. The Hall–Kier alpha value is -2.02. The number of hydrogen-bond acceptors (Lipinski definition) is 6. The predicted octanol–water partition coefficient (Wildman–Crippen LogP) is 3.34. The van der Waals surface area contributed by atoms with Gasteiger partial charge in [-0.25, -0.2) is 0 Å². The first kappa shape index (κ1) is 24.3. The van der Waals surface area contributed by atoms with Crippen molar-refractivity contribution >= 4 is 11.8 Å². The Morgan fingerprint density at radius 3 is 2.30 bits per heavy atom. The van der Waals surface area contributed by atoms with Gasteiger partial charge in [0.25, 0.3) is 0 Å². The highest BCUT2D eigenvalue weighted by molar-refractivity contribution is 6.02. The van der Waals surface area contributed by atoms with E-state index in [0.29, 0.717) is 12.0 Å². The van der Waals surface area contributed by atoms with Gasteiger partial charge in [-0.05, 0) is 52.5 Å². The summed E-state index contributed by atoms with van der Waals surface area (Å²) < 4.78 is 10.5. The smallest absolute Gasteiger partial charge is 0.302 e. The number of epoxide rings is 1. The molecule has 3 unspecified atom stereocenters. The van der Waals surface area contributed by atoms with E-state index in [-0.39, 0.29) is 19.0 Å². The Bertz CT molecular complexity index is 773. The Morgan fingerprint density at radius 1 is 1.10 bits per heavy atom. The van der Waals surface area contributed by atoms with Crippen LogP contribution in [0.4, 0.5) is 0 Å². The van der Waals surface area contributed by atoms with Crippen molar-refractivity contribution in [2.45, 2.75) is 77.6 Å². The Kier molecular flexibility index (Phi) is 8.77. The number of ether oxygens (including phenoxy) is 2. The van der Waals surface area contributed by atoms with Crippen molar-refractivity contribution in [3.05, 3.63) is 46.6 Å². The van der Waals surface area contributed by atoms with Crippen molar-refractivity contribution in [2.75, 3.05) is 13.2 Å². The number of esters is 1. The molecular weight excluding hydrogens is 384 g/mol. The maximum atomic E-state index is 12.5. The van der Waals surface area contributed by atoms with Crippen molar-refractivity contribution in [3.63, 3.8) is 0 Å². The summed E-state index contributed by atoms with van der Waals surface area (Å²) in [5, 5.41) is 19.4. The van der Waals surface area contributed by atoms with E-state index < -0.39 is 23.8 Å². The minimum Gasteiger partial charge on any atom is -0.461 e. The molecule has 3 atom stereocenters. The third-order valence-corrected chi connectivity index (χ3v) is 5.65. The lowest BCUT2D eigenvalue weighted by molar-refractivity contribution is -0.140. The highest BCUT2D eigenvalue weighted by Gasteiger charge is 2.66. The molecule has 0 aromatic heterocycles. The van der Waals surface area contributed by atoms with Crippen molar-refractivity contribution in [3.8, 4) is 0 Å². The molecule has 0 spiro atoms. The van der Waals surface area contributed by atoms with Crippen molar-refractivity contribution < 1.29 is 29.3 Å². The van der Waals surface area contributed by atoms with Gasteiger partial charge in [0.15, 0.2) is 11.4 Å². The van der Waals surface area contributed by atoms with Gasteiger partial charge in [-0.1, -0.05) is 34.9 Å². The van der Waals surface area contributed by atoms with Gasteiger partial charge in [-0.2, -0.15) is 0 Å². The first-order valence-electron chi connectivity index (χ1n) is 10.5. The van der Waals surface area contributed by atoms with Crippen LogP contribution in [-0.2, 0) is 19.1 Å². The molecule has 0 amide bonds. The molecule has 0 saturated carbocycles. The highest BCUT2D eigenvalue weighted by Crippen LogP contribution is 2.48. The second kappa shape index (κ2) is 10.8. The number of allylic oxidation sites excluding steroid dienone is 4. The molecule has 6 heteroatoms. The molecule has 2 aliphatic rings. The van der Waals surface area contributed by atoms with E-state index >= 15 is 0 Å². The van der Waals surface area contributed by atoms with E-state index in [0.717, 1.165) is 31.3 Å². The fraction of sp³-hybridized carbons (Fsp3) is 0.583. The van der Waals surface area contributed by atoms with Gasteiger partial charge in [-0.3, -0.25) is 9.59 Å². The van der Waals surface area contributed by atoms with E-state index in [1.807, 2.05) is 19.9 Å². The molecule has 2 N–H and O–H groups in total. The normalized spacial score (nSPS) is 26.9. The molecule has 1 saturated heterocycles. The Morgan fingerprint density at radius 2 is 1.70 bits per heavy atom. The van der Waals surface area contributed by atoms with Crippen LogP contribution < -0.4 is 0 Å². The molecule has 0 bridgehead atoms. The SMILES string of the molecule is CC(=O)OCC1=CC(=O)C2(CC=C(C)CCC=C(C)CCC=C(C)CO)OC2C1O. The van der Waals surface area contributed by atoms with Gasteiger partial charge in [0.1, 0.15) is 18.8 Å². The quantitative estimate of drug-likeness (QED) is 0.303. The van der Waals surface area contributed by atoms with Gasteiger partial charge in [0.05, 0.1) is 6.61 Å². The summed E-state index contributed by atoms with van der Waals surface area (Å²) in [7, 11) is 0. The lowest BCUT2D eigenvalue weighted by atomic mass is 9.84. The molecule has 0 aromatic rings. The lowest BCUT2D eigenvalue weighted by Crippen LogP contribution is -2.38. The largest absolute Gasteiger partial charge is 0.461 e. The average molecular weight is 419 g/mol. The van der Waals surface area contributed by atoms with Gasteiger partial charge in [0, 0.05) is 18.9 Å². The molecule has 0 radical (unpaired) electrons. The van der Waals surface area contributed by atoms with Crippen LogP contribution in [0.5, 0.6) is 0 Å². The number of carbonyl (C=O) groups is 2. The molecule has 0 aromatic carbocycles. The monoisotopic (exact) mass is 418 g/mol. The number of hydrogen-bond donors (Lipinski definition) is 2. The van der Waals surface area contributed by atoms with Crippen LogP contribution in [0.1, 0.15) is 59.8 Å². The van der Waals surface area contributed by atoms with Crippen molar-refractivity contribution in [2.24, 2.45) is 0 Å². The molecule has 166 valence electrons. The summed E-state index contributed by atoms with van der Waals surface area (Å²) in [5.41, 5.74) is 2.92. The fourth-order valence-corrected chi connectivity index (χ4v) is 3.54. The van der Waals surface area contributed by atoms with Gasteiger partial charge in [-0.15, -0.1) is 0 Å². The zero-order valence-corrected chi connectivity index (χ0v) is 18.4. The molecule has 1 fully saturated rings. The molecule has 1 aliphatic heterocycles. The second-order valence-corrected chi connectivity index (χ2v) is 8.33.